The first-order valence-corrected chi connectivity index (χ1v) is 7.26. The summed E-state index contributed by atoms with van der Waals surface area (Å²) in [5.41, 5.74) is 0. The van der Waals surface area contributed by atoms with Crippen LogP contribution in [-0.2, 0) is 14.4 Å². The third-order valence-corrected chi connectivity index (χ3v) is 3.64. The van der Waals surface area contributed by atoms with E-state index in [1.807, 2.05) is 0 Å². The van der Waals surface area contributed by atoms with Crippen LogP contribution < -0.4 is 0 Å². The molecule has 1 heterocycles. The molecule has 0 saturated carbocycles. The fraction of sp³-hybridized carbons (Fsp3) is 0.786. The minimum absolute atomic E-state index is 0.0690. The molecule has 0 spiro atoms. The Hall–Kier alpha value is -1.59. The van der Waals surface area contributed by atoms with E-state index in [9.17, 15) is 14.4 Å². The van der Waals surface area contributed by atoms with Crippen molar-refractivity contribution in [2.24, 2.45) is 0 Å². The standard InChI is InChI=1S/C14H23NO5/c16-12(15-10-6-7-11(15)14(19)20)8-4-2-1-3-5-9-13(17)18/h11H,1-10H2,(H,17,18)(H,19,20). The first-order chi connectivity index (χ1) is 9.52. The topological polar surface area (TPSA) is 94.9 Å². The smallest absolute Gasteiger partial charge is 0.326 e. The van der Waals surface area contributed by atoms with E-state index in [4.69, 9.17) is 10.2 Å². The van der Waals surface area contributed by atoms with Crippen molar-refractivity contribution in [1.82, 2.24) is 4.90 Å². The summed E-state index contributed by atoms with van der Waals surface area (Å²) in [5, 5.41) is 17.5. The summed E-state index contributed by atoms with van der Waals surface area (Å²) in [6, 6.07) is -0.641. The number of nitrogens with zero attached hydrogens (tertiary/aromatic N) is 1. The van der Waals surface area contributed by atoms with E-state index in [-0.39, 0.29) is 12.3 Å². The number of carboxylic acid groups (broad SMARTS) is 2. The Morgan fingerprint density at radius 2 is 1.55 bits per heavy atom. The summed E-state index contributed by atoms with van der Waals surface area (Å²) in [5.74, 6) is -1.75. The van der Waals surface area contributed by atoms with Crippen molar-refractivity contribution in [3.05, 3.63) is 0 Å². The Balaban J connectivity index is 2.11. The highest BCUT2D eigenvalue weighted by atomic mass is 16.4. The van der Waals surface area contributed by atoms with Gasteiger partial charge in [-0.3, -0.25) is 9.59 Å². The normalized spacial score (nSPS) is 18.2. The van der Waals surface area contributed by atoms with Crippen LogP contribution in [0, 0.1) is 0 Å². The minimum Gasteiger partial charge on any atom is -0.481 e. The summed E-state index contributed by atoms with van der Waals surface area (Å²) in [6.07, 6.45) is 6.00. The molecule has 6 nitrogen and oxygen atoms in total. The molecule has 1 atom stereocenters. The van der Waals surface area contributed by atoms with Crippen LogP contribution >= 0.6 is 0 Å². The predicted molar refractivity (Wildman–Crippen MR) is 72.3 cm³/mol. The van der Waals surface area contributed by atoms with Gasteiger partial charge in [0.25, 0.3) is 0 Å². The Labute approximate surface area is 118 Å². The van der Waals surface area contributed by atoms with E-state index < -0.39 is 18.0 Å². The molecular weight excluding hydrogens is 262 g/mol. The molecule has 1 fully saturated rings. The van der Waals surface area contributed by atoms with Gasteiger partial charge in [-0.05, 0) is 25.7 Å². The number of amides is 1. The molecule has 20 heavy (non-hydrogen) atoms. The lowest BCUT2D eigenvalue weighted by molar-refractivity contribution is -0.148. The fourth-order valence-electron chi connectivity index (χ4n) is 2.55. The Morgan fingerprint density at radius 3 is 2.15 bits per heavy atom. The van der Waals surface area contributed by atoms with Crippen LogP contribution in [0.15, 0.2) is 0 Å². The number of carboxylic acids is 2. The number of unbranched alkanes of at least 4 members (excludes halogenated alkanes) is 4. The molecule has 0 radical (unpaired) electrons. The third kappa shape index (κ3) is 5.59. The van der Waals surface area contributed by atoms with Crippen LogP contribution in [0.2, 0.25) is 0 Å². The highest BCUT2D eigenvalue weighted by Gasteiger charge is 2.33. The van der Waals surface area contributed by atoms with Gasteiger partial charge in [0.05, 0.1) is 0 Å². The van der Waals surface area contributed by atoms with Gasteiger partial charge < -0.3 is 15.1 Å². The van der Waals surface area contributed by atoms with Crippen molar-refractivity contribution in [2.45, 2.75) is 63.8 Å². The van der Waals surface area contributed by atoms with Crippen LogP contribution in [0.3, 0.4) is 0 Å². The van der Waals surface area contributed by atoms with Gasteiger partial charge >= 0.3 is 11.9 Å². The van der Waals surface area contributed by atoms with Crippen molar-refractivity contribution in [3.63, 3.8) is 0 Å². The average molecular weight is 285 g/mol. The van der Waals surface area contributed by atoms with Crippen LogP contribution in [0.25, 0.3) is 0 Å². The second kappa shape index (κ2) is 8.55. The van der Waals surface area contributed by atoms with Crippen LogP contribution in [0.1, 0.15) is 57.8 Å². The van der Waals surface area contributed by atoms with E-state index in [1.165, 1.54) is 4.90 Å². The second-order valence-corrected chi connectivity index (χ2v) is 5.24. The maximum atomic E-state index is 11.9. The van der Waals surface area contributed by atoms with E-state index in [2.05, 4.69) is 0 Å². The molecular formula is C14H23NO5. The van der Waals surface area contributed by atoms with Gasteiger partial charge in [0.15, 0.2) is 0 Å². The van der Waals surface area contributed by atoms with Gasteiger partial charge in [-0.2, -0.15) is 0 Å². The first-order valence-electron chi connectivity index (χ1n) is 7.26. The zero-order chi connectivity index (χ0) is 15.0. The van der Waals surface area contributed by atoms with E-state index in [0.717, 1.165) is 32.1 Å². The predicted octanol–water partition coefficient (Wildman–Crippen LogP) is 1.88. The molecule has 1 rings (SSSR count). The lowest BCUT2D eigenvalue weighted by Gasteiger charge is -2.21. The van der Waals surface area contributed by atoms with Crippen molar-refractivity contribution in [1.29, 1.82) is 0 Å². The highest BCUT2D eigenvalue weighted by molar-refractivity contribution is 5.84. The average Bonchev–Trinajstić information content (AvgIpc) is 2.86. The number of hydrogen-bond donors (Lipinski definition) is 2. The molecule has 114 valence electrons. The summed E-state index contributed by atoms with van der Waals surface area (Å²) in [4.78, 5) is 34.7. The number of carbonyl (C=O) groups is 3. The van der Waals surface area contributed by atoms with Crippen LogP contribution in [0.5, 0.6) is 0 Å². The van der Waals surface area contributed by atoms with Crippen molar-refractivity contribution < 1.29 is 24.6 Å². The molecule has 1 aliphatic rings. The maximum Gasteiger partial charge on any atom is 0.326 e. The number of carbonyl (C=O) groups excluding carboxylic acids is 1. The molecule has 2 N–H and O–H groups in total. The molecule has 6 heteroatoms. The molecule has 1 aliphatic heterocycles. The van der Waals surface area contributed by atoms with Crippen LogP contribution in [-0.4, -0.2) is 45.5 Å². The first kappa shape index (κ1) is 16.5. The van der Waals surface area contributed by atoms with Gasteiger partial charge in [0, 0.05) is 19.4 Å². The van der Waals surface area contributed by atoms with E-state index in [1.54, 1.807) is 0 Å². The third-order valence-electron chi connectivity index (χ3n) is 3.64. The van der Waals surface area contributed by atoms with Crippen molar-refractivity contribution in [2.75, 3.05) is 6.54 Å². The van der Waals surface area contributed by atoms with Gasteiger partial charge in [-0.25, -0.2) is 4.79 Å². The minimum atomic E-state index is -0.912. The molecule has 0 aromatic carbocycles. The Bertz CT molecular complexity index is 355. The summed E-state index contributed by atoms with van der Waals surface area (Å²) >= 11 is 0. The number of hydrogen-bond acceptors (Lipinski definition) is 3. The van der Waals surface area contributed by atoms with Gasteiger partial charge in [0.1, 0.15) is 6.04 Å². The molecule has 0 aliphatic carbocycles. The Kier molecular flexibility index (Phi) is 7.04. The van der Waals surface area contributed by atoms with Crippen molar-refractivity contribution in [3.8, 4) is 0 Å². The van der Waals surface area contributed by atoms with E-state index in [0.29, 0.717) is 25.8 Å². The SMILES string of the molecule is O=C(O)CCCCCCCC(=O)N1CCCC1C(=O)O. The van der Waals surface area contributed by atoms with Gasteiger partial charge in [-0.1, -0.05) is 19.3 Å². The highest BCUT2D eigenvalue weighted by Crippen LogP contribution is 2.19. The van der Waals surface area contributed by atoms with Crippen molar-refractivity contribution >= 4 is 17.8 Å². The molecule has 0 bridgehead atoms. The zero-order valence-electron chi connectivity index (χ0n) is 11.7. The molecule has 1 saturated heterocycles. The number of likely N-dealkylation sites (tertiary alicyclic amines) is 1. The quantitative estimate of drug-likeness (QED) is 0.631. The summed E-state index contributed by atoms with van der Waals surface area (Å²) in [6.45, 7) is 0.550. The van der Waals surface area contributed by atoms with Gasteiger partial charge in [-0.15, -0.1) is 0 Å². The number of rotatable bonds is 9. The fourth-order valence-corrected chi connectivity index (χ4v) is 2.55. The number of aliphatic carboxylic acids is 2. The van der Waals surface area contributed by atoms with E-state index >= 15 is 0 Å². The monoisotopic (exact) mass is 285 g/mol. The molecule has 1 unspecified atom stereocenters. The molecule has 0 aromatic rings. The molecule has 1 amide bonds. The maximum absolute atomic E-state index is 11.9. The lowest BCUT2D eigenvalue weighted by Crippen LogP contribution is -2.40. The second-order valence-electron chi connectivity index (χ2n) is 5.24. The molecule has 0 aromatic heterocycles. The van der Waals surface area contributed by atoms with Crippen LogP contribution in [0.4, 0.5) is 0 Å². The zero-order valence-corrected chi connectivity index (χ0v) is 11.7. The lowest BCUT2D eigenvalue weighted by atomic mass is 10.1. The summed E-state index contributed by atoms with van der Waals surface area (Å²) < 4.78 is 0. The van der Waals surface area contributed by atoms with Gasteiger partial charge in [0.2, 0.25) is 5.91 Å². The summed E-state index contributed by atoms with van der Waals surface area (Å²) in [7, 11) is 0. The largest absolute Gasteiger partial charge is 0.481 e. The Morgan fingerprint density at radius 1 is 0.950 bits per heavy atom.